The van der Waals surface area contributed by atoms with Gasteiger partial charge in [0.05, 0.1) is 18.1 Å². The number of nitrogens with one attached hydrogen (secondary N) is 2. The molecule has 42 heavy (non-hydrogen) atoms. The van der Waals surface area contributed by atoms with Crippen molar-refractivity contribution < 1.29 is 29.0 Å². The second-order valence-electron chi connectivity index (χ2n) is 11.3. The molecule has 220 valence electrons. The zero-order chi connectivity index (χ0) is 29.5. The summed E-state index contributed by atoms with van der Waals surface area (Å²) in [5.74, 6) is -1.62. The van der Waals surface area contributed by atoms with Crippen molar-refractivity contribution >= 4 is 18.0 Å². The molecule has 3 N–H and O–H groups in total. The van der Waals surface area contributed by atoms with Gasteiger partial charge in [-0.05, 0) is 47.6 Å². The number of carbonyl (C=O) groups is 3. The largest absolute Gasteiger partial charge is 0.480 e. The van der Waals surface area contributed by atoms with Gasteiger partial charge in [-0.15, -0.1) is 0 Å². The fraction of sp³-hybridized carbons (Fsp3) is 0.382. The van der Waals surface area contributed by atoms with Gasteiger partial charge in [0.25, 0.3) is 0 Å². The Hall–Kier alpha value is -4.17. The summed E-state index contributed by atoms with van der Waals surface area (Å²) in [7, 11) is 0. The molecule has 2 atom stereocenters. The Morgan fingerprint density at radius 3 is 2.10 bits per heavy atom. The molecular weight excluding hydrogens is 532 g/mol. The highest BCUT2D eigenvalue weighted by molar-refractivity contribution is 5.88. The summed E-state index contributed by atoms with van der Waals surface area (Å²) in [4.78, 5) is 38.7. The minimum absolute atomic E-state index is 0.0659. The lowest BCUT2D eigenvalue weighted by Crippen LogP contribution is -2.56. The van der Waals surface area contributed by atoms with Gasteiger partial charge in [-0.25, -0.2) is 9.59 Å². The molecule has 3 aromatic carbocycles. The monoisotopic (exact) mass is 570 g/mol. The fourth-order valence-corrected chi connectivity index (χ4v) is 6.18. The first-order valence-electron chi connectivity index (χ1n) is 14.7. The fourth-order valence-electron chi connectivity index (χ4n) is 6.18. The van der Waals surface area contributed by atoms with E-state index in [0.717, 1.165) is 47.1 Å². The van der Waals surface area contributed by atoms with Crippen molar-refractivity contribution in [3.05, 3.63) is 95.6 Å². The van der Waals surface area contributed by atoms with Crippen molar-refractivity contribution in [3.63, 3.8) is 0 Å². The van der Waals surface area contributed by atoms with Crippen LogP contribution in [0.4, 0.5) is 4.79 Å². The van der Waals surface area contributed by atoms with Crippen LogP contribution in [0.15, 0.2) is 78.9 Å². The van der Waals surface area contributed by atoms with Gasteiger partial charge in [0.2, 0.25) is 5.91 Å². The number of alkyl carbamates (subject to hydrolysis) is 1. The van der Waals surface area contributed by atoms with Crippen molar-refractivity contribution in [3.8, 4) is 11.1 Å². The van der Waals surface area contributed by atoms with Crippen LogP contribution in [-0.2, 0) is 25.7 Å². The molecule has 5 rings (SSSR count). The molecule has 0 bridgehead atoms. The number of benzene rings is 3. The normalized spacial score (nSPS) is 16.9. The van der Waals surface area contributed by atoms with Gasteiger partial charge in [-0.2, -0.15) is 0 Å². The topological polar surface area (TPSA) is 114 Å². The SMILES string of the molecule is CC(OCc1ccccc1)C(NC(=O)C1(CNC(=O)OCC2c3ccccc3-c3ccccc32)CCCCC1)C(=O)O. The van der Waals surface area contributed by atoms with Gasteiger partial charge in [0.1, 0.15) is 6.61 Å². The van der Waals surface area contributed by atoms with Crippen LogP contribution in [0.1, 0.15) is 61.6 Å². The summed E-state index contributed by atoms with van der Waals surface area (Å²) in [5.41, 5.74) is 4.54. The Labute approximate surface area is 246 Å². The lowest BCUT2D eigenvalue weighted by molar-refractivity contribution is -0.149. The smallest absolute Gasteiger partial charge is 0.407 e. The van der Waals surface area contributed by atoms with Crippen LogP contribution in [0, 0.1) is 5.41 Å². The van der Waals surface area contributed by atoms with E-state index in [0.29, 0.717) is 12.8 Å². The molecule has 2 aliphatic rings. The first-order valence-corrected chi connectivity index (χ1v) is 14.7. The maximum Gasteiger partial charge on any atom is 0.407 e. The minimum Gasteiger partial charge on any atom is -0.480 e. The number of ether oxygens (including phenoxy) is 2. The van der Waals surface area contributed by atoms with Crippen LogP contribution >= 0.6 is 0 Å². The molecule has 2 unspecified atom stereocenters. The molecule has 0 aromatic heterocycles. The molecule has 2 amide bonds. The van der Waals surface area contributed by atoms with Gasteiger partial charge in [0, 0.05) is 12.5 Å². The lowest BCUT2D eigenvalue weighted by Gasteiger charge is -2.37. The number of hydrogen-bond donors (Lipinski definition) is 3. The predicted molar refractivity (Wildman–Crippen MR) is 159 cm³/mol. The number of rotatable bonds is 11. The van der Waals surface area contributed by atoms with Crippen LogP contribution in [0.3, 0.4) is 0 Å². The molecule has 8 heteroatoms. The molecule has 3 aromatic rings. The number of aliphatic carboxylic acids is 1. The maximum atomic E-state index is 13.6. The number of amides is 2. The van der Waals surface area contributed by atoms with E-state index in [4.69, 9.17) is 9.47 Å². The van der Waals surface area contributed by atoms with Crippen LogP contribution < -0.4 is 10.6 Å². The molecule has 0 radical (unpaired) electrons. The van der Waals surface area contributed by atoms with E-state index in [-0.39, 0.29) is 31.6 Å². The van der Waals surface area contributed by atoms with Crippen LogP contribution in [0.25, 0.3) is 11.1 Å². The Bertz CT molecular complexity index is 1360. The first-order chi connectivity index (χ1) is 20.4. The quantitative estimate of drug-likeness (QED) is 0.275. The minimum atomic E-state index is -1.23. The lowest BCUT2D eigenvalue weighted by atomic mass is 9.73. The third-order valence-corrected chi connectivity index (χ3v) is 8.58. The van der Waals surface area contributed by atoms with E-state index >= 15 is 0 Å². The Morgan fingerprint density at radius 2 is 1.48 bits per heavy atom. The van der Waals surface area contributed by atoms with E-state index in [1.165, 1.54) is 0 Å². The highest BCUT2D eigenvalue weighted by atomic mass is 16.5. The first kappa shape index (κ1) is 29.3. The molecule has 0 aliphatic heterocycles. The maximum absolute atomic E-state index is 13.6. The van der Waals surface area contributed by atoms with Crippen molar-refractivity contribution in [1.82, 2.24) is 10.6 Å². The summed E-state index contributed by atoms with van der Waals surface area (Å²) in [6.45, 7) is 2.12. The zero-order valence-corrected chi connectivity index (χ0v) is 23.9. The molecule has 0 heterocycles. The standard InChI is InChI=1S/C34H38N2O6/c1-23(41-20-24-12-4-2-5-13-24)30(31(37)38)36-32(39)34(18-10-3-11-19-34)22-35-33(40)42-21-29-27-16-8-6-14-25(27)26-15-7-9-17-28(26)29/h2,4-9,12-17,23,29-30H,3,10-11,18-22H2,1H3,(H,35,40)(H,36,39)(H,37,38). The van der Waals surface area contributed by atoms with Gasteiger partial charge in [0.15, 0.2) is 6.04 Å². The van der Waals surface area contributed by atoms with Gasteiger partial charge in [-0.1, -0.05) is 98.1 Å². The molecule has 1 saturated carbocycles. The zero-order valence-electron chi connectivity index (χ0n) is 23.9. The number of hydrogen-bond acceptors (Lipinski definition) is 5. The molecule has 2 aliphatic carbocycles. The highest BCUT2D eigenvalue weighted by Gasteiger charge is 2.42. The third kappa shape index (κ3) is 6.49. The van der Waals surface area contributed by atoms with Crippen LogP contribution in [0.2, 0.25) is 0 Å². The van der Waals surface area contributed by atoms with E-state index in [9.17, 15) is 19.5 Å². The number of carbonyl (C=O) groups excluding carboxylic acids is 2. The second-order valence-corrected chi connectivity index (χ2v) is 11.3. The Kier molecular flexibility index (Phi) is 9.22. The number of carboxylic acids is 1. The van der Waals surface area contributed by atoms with Crippen molar-refractivity contribution in [1.29, 1.82) is 0 Å². The van der Waals surface area contributed by atoms with Gasteiger partial charge >= 0.3 is 12.1 Å². The van der Waals surface area contributed by atoms with Crippen molar-refractivity contribution in [2.45, 2.75) is 63.7 Å². The van der Waals surface area contributed by atoms with Gasteiger partial charge < -0.3 is 25.2 Å². The number of carboxylic acid groups (broad SMARTS) is 1. The number of fused-ring (bicyclic) bond motifs is 3. The molecule has 8 nitrogen and oxygen atoms in total. The summed E-state index contributed by atoms with van der Waals surface area (Å²) < 4.78 is 11.5. The average molecular weight is 571 g/mol. The van der Waals surface area contributed by atoms with Gasteiger partial charge in [-0.3, -0.25) is 4.79 Å². The predicted octanol–water partition coefficient (Wildman–Crippen LogP) is 5.65. The Morgan fingerprint density at radius 1 is 0.881 bits per heavy atom. The summed E-state index contributed by atoms with van der Waals surface area (Å²) in [5, 5.41) is 15.5. The average Bonchev–Trinajstić information content (AvgIpc) is 3.34. The van der Waals surface area contributed by atoms with E-state index < -0.39 is 29.6 Å². The van der Waals surface area contributed by atoms with Crippen LogP contribution in [0.5, 0.6) is 0 Å². The Balaban J connectivity index is 1.20. The van der Waals surface area contributed by atoms with E-state index in [2.05, 4.69) is 34.9 Å². The van der Waals surface area contributed by atoms with E-state index in [1.54, 1.807) is 6.92 Å². The molecule has 0 spiro atoms. The van der Waals surface area contributed by atoms with Crippen LogP contribution in [-0.4, -0.2) is 48.4 Å². The van der Waals surface area contributed by atoms with Crippen molar-refractivity contribution in [2.75, 3.05) is 13.2 Å². The van der Waals surface area contributed by atoms with E-state index in [1.807, 2.05) is 54.6 Å². The third-order valence-electron chi connectivity index (χ3n) is 8.58. The molecule has 0 saturated heterocycles. The second kappa shape index (κ2) is 13.2. The summed E-state index contributed by atoms with van der Waals surface area (Å²) in [6.07, 6.45) is 2.36. The summed E-state index contributed by atoms with van der Waals surface area (Å²) >= 11 is 0. The molecular formula is C34H38N2O6. The summed E-state index contributed by atoms with van der Waals surface area (Å²) in [6, 6.07) is 24.5. The van der Waals surface area contributed by atoms with Crippen molar-refractivity contribution in [2.24, 2.45) is 5.41 Å². The molecule has 1 fully saturated rings. The highest BCUT2D eigenvalue weighted by Crippen LogP contribution is 2.44.